The molecular formula is C10H12ClNO2. The van der Waals surface area contributed by atoms with Crippen LogP contribution in [-0.4, -0.2) is 29.4 Å². The number of benzene rings is 1. The van der Waals surface area contributed by atoms with Gasteiger partial charge >= 0.3 is 0 Å². The van der Waals surface area contributed by atoms with Crippen LogP contribution in [0.25, 0.3) is 0 Å². The zero-order valence-corrected chi connectivity index (χ0v) is 8.41. The van der Waals surface area contributed by atoms with Gasteiger partial charge in [-0.15, -0.1) is 0 Å². The van der Waals surface area contributed by atoms with E-state index in [-0.39, 0.29) is 12.7 Å². The van der Waals surface area contributed by atoms with Gasteiger partial charge < -0.3 is 15.1 Å². The van der Waals surface area contributed by atoms with Gasteiger partial charge in [0.15, 0.2) is 0 Å². The molecule has 0 unspecified atom stereocenters. The average Bonchev–Trinajstić information content (AvgIpc) is 2.13. The van der Waals surface area contributed by atoms with E-state index in [1.807, 2.05) is 11.0 Å². The molecule has 0 amide bonds. The maximum atomic E-state index is 9.17. The lowest BCUT2D eigenvalue weighted by atomic mass is 10.1. The Kier molecular flexibility index (Phi) is 2.63. The summed E-state index contributed by atoms with van der Waals surface area (Å²) >= 11 is 5.81. The van der Waals surface area contributed by atoms with E-state index < -0.39 is 0 Å². The van der Waals surface area contributed by atoms with E-state index in [1.54, 1.807) is 12.1 Å². The molecule has 0 saturated carbocycles. The number of hydrogen-bond donors (Lipinski definition) is 2. The summed E-state index contributed by atoms with van der Waals surface area (Å²) in [6.45, 7) is 1.24. The van der Waals surface area contributed by atoms with E-state index in [9.17, 15) is 0 Å². The number of rotatable bonds is 2. The number of aliphatic hydroxyl groups excluding tert-OH is 2. The Morgan fingerprint density at radius 3 is 2.71 bits per heavy atom. The molecule has 76 valence electrons. The first-order valence-electron chi connectivity index (χ1n) is 4.53. The molecule has 1 aliphatic heterocycles. The van der Waals surface area contributed by atoms with Crippen LogP contribution in [0, 0.1) is 0 Å². The van der Waals surface area contributed by atoms with Crippen molar-refractivity contribution in [1.82, 2.24) is 0 Å². The fourth-order valence-electron chi connectivity index (χ4n) is 1.64. The van der Waals surface area contributed by atoms with Gasteiger partial charge in [-0.2, -0.15) is 0 Å². The van der Waals surface area contributed by atoms with Crippen LogP contribution in [0.1, 0.15) is 5.56 Å². The molecule has 1 aliphatic rings. The van der Waals surface area contributed by atoms with Gasteiger partial charge in [0, 0.05) is 29.4 Å². The van der Waals surface area contributed by atoms with Gasteiger partial charge in [0.25, 0.3) is 0 Å². The monoisotopic (exact) mass is 213 g/mol. The Hall–Kier alpha value is -0.770. The Morgan fingerprint density at radius 1 is 1.43 bits per heavy atom. The minimum Gasteiger partial charge on any atom is -0.392 e. The zero-order valence-electron chi connectivity index (χ0n) is 7.65. The first-order chi connectivity index (χ1) is 6.70. The fourth-order valence-corrected chi connectivity index (χ4v) is 1.84. The predicted octanol–water partition coefficient (Wildman–Crippen LogP) is 1.01. The quantitative estimate of drug-likeness (QED) is 0.771. The summed E-state index contributed by atoms with van der Waals surface area (Å²) in [6.07, 6.45) is -0.239. The number of β-amino-alcohol motifs (C(OH)–C–C–N with tert-alkyl or cyclic N) is 1. The third-order valence-corrected chi connectivity index (χ3v) is 2.65. The molecular weight excluding hydrogens is 202 g/mol. The third-order valence-electron chi connectivity index (χ3n) is 2.41. The highest BCUT2D eigenvalue weighted by atomic mass is 35.5. The van der Waals surface area contributed by atoms with Crippen molar-refractivity contribution >= 4 is 17.3 Å². The molecule has 0 aromatic heterocycles. The van der Waals surface area contributed by atoms with Gasteiger partial charge in [0.05, 0.1) is 12.7 Å². The van der Waals surface area contributed by atoms with Crippen molar-refractivity contribution in [1.29, 1.82) is 0 Å². The standard InChI is InChI=1S/C10H12ClNO2/c11-8-1-2-10(7(3-8)6-13)12-4-9(14)5-12/h1-3,9,13-14H,4-6H2. The molecule has 0 spiro atoms. The summed E-state index contributed by atoms with van der Waals surface area (Å²) in [7, 11) is 0. The largest absolute Gasteiger partial charge is 0.392 e. The van der Waals surface area contributed by atoms with Gasteiger partial charge in [-0.1, -0.05) is 11.6 Å². The van der Waals surface area contributed by atoms with E-state index in [0.29, 0.717) is 18.1 Å². The van der Waals surface area contributed by atoms with E-state index in [4.69, 9.17) is 21.8 Å². The number of anilines is 1. The van der Waals surface area contributed by atoms with Crippen LogP contribution in [0.2, 0.25) is 5.02 Å². The van der Waals surface area contributed by atoms with Crippen LogP contribution in [0.4, 0.5) is 5.69 Å². The molecule has 1 aromatic rings. The molecule has 1 saturated heterocycles. The minimum atomic E-state index is -0.239. The van der Waals surface area contributed by atoms with Gasteiger partial charge in [0.2, 0.25) is 0 Å². The Labute approximate surface area is 87.5 Å². The van der Waals surface area contributed by atoms with E-state index in [2.05, 4.69) is 0 Å². The summed E-state index contributed by atoms with van der Waals surface area (Å²) in [5.74, 6) is 0. The Morgan fingerprint density at radius 2 is 2.14 bits per heavy atom. The highest BCUT2D eigenvalue weighted by Crippen LogP contribution is 2.27. The Balaban J connectivity index is 2.24. The van der Waals surface area contributed by atoms with Crippen LogP contribution >= 0.6 is 11.6 Å². The first kappa shape index (κ1) is 9.77. The molecule has 0 aliphatic carbocycles. The van der Waals surface area contributed by atoms with E-state index in [0.717, 1.165) is 11.3 Å². The first-order valence-corrected chi connectivity index (χ1v) is 4.91. The van der Waals surface area contributed by atoms with Crippen molar-refractivity contribution < 1.29 is 10.2 Å². The van der Waals surface area contributed by atoms with Gasteiger partial charge in [0.1, 0.15) is 0 Å². The molecule has 2 N–H and O–H groups in total. The van der Waals surface area contributed by atoms with Crippen molar-refractivity contribution in [3.05, 3.63) is 28.8 Å². The van der Waals surface area contributed by atoms with Crippen molar-refractivity contribution in [2.45, 2.75) is 12.7 Å². The molecule has 2 rings (SSSR count). The summed E-state index contributed by atoms with van der Waals surface area (Å²) < 4.78 is 0. The predicted molar refractivity (Wildman–Crippen MR) is 55.6 cm³/mol. The second kappa shape index (κ2) is 3.77. The lowest BCUT2D eigenvalue weighted by Crippen LogP contribution is -2.51. The molecule has 1 fully saturated rings. The normalized spacial score (nSPS) is 16.9. The molecule has 14 heavy (non-hydrogen) atoms. The van der Waals surface area contributed by atoms with Crippen LogP contribution in [-0.2, 0) is 6.61 Å². The van der Waals surface area contributed by atoms with Crippen molar-refractivity contribution in [2.75, 3.05) is 18.0 Å². The average molecular weight is 214 g/mol. The SMILES string of the molecule is OCc1cc(Cl)ccc1N1CC(O)C1. The molecule has 3 nitrogen and oxygen atoms in total. The van der Waals surface area contributed by atoms with Crippen LogP contribution in [0.15, 0.2) is 18.2 Å². The van der Waals surface area contributed by atoms with Crippen molar-refractivity contribution in [2.24, 2.45) is 0 Å². The lowest BCUT2D eigenvalue weighted by molar-refractivity contribution is 0.141. The van der Waals surface area contributed by atoms with Crippen LogP contribution < -0.4 is 4.90 Å². The molecule has 0 atom stereocenters. The number of halogens is 1. The summed E-state index contributed by atoms with van der Waals surface area (Å²) in [5.41, 5.74) is 1.77. The summed E-state index contributed by atoms with van der Waals surface area (Å²) in [4.78, 5) is 2.02. The minimum absolute atomic E-state index is 0.0253. The molecule has 1 aromatic carbocycles. The van der Waals surface area contributed by atoms with Crippen LogP contribution in [0.3, 0.4) is 0 Å². The highest BCUT2D eigenvalue weighted by Gasteiger charge is 2.25. The summed E-state index contributed by atoms with van der Waals surface area (Å²) in [6, 6.07) is 5.42. The van der Waals surface area contributed by atoms with Gasteiger partial charge in [-0.3, -0.25) is 0 Å². The van der Waals surface area contributed by atoms with Crippen LogP contribution in [0.5, 0.6) is 0 Å². The fraction of sp³-hybridized carbons (Fsp3) is 0.400. The maximum Gasteiger partial charge on any atom is 0.0889 e. The molecule has 0 radical (unpaired) electrons. The van der Waals surface area contributed by atoms with Crippen molar-refractivity contribution in [3.8, 4) is 0 Å². The van der Waals surface area contributed by atoms with Gasteiger partial charge in [-0.25, -0.2) is 0 Å². The Bertz CT molecular complexity index is 337. The van der Waals surface area contributed by atoms with E-state index >= 15 is 0 Å². The number of nitrogens with zero attached hydrogens (tertiary/aromatic N) is 1. The maximum absolute atomic E-state index is 9.17. The smallest absolute Gasteiger partial charge is 0.0889 e. The van der Waals surface area contributed by atoms with Crippen molar-refractivity contribution in [3.63, 3.8) is 0 Å². The third kappa shape index (κ3) is 1.71. The number of hydrogen-bond acceptors (Lipinski definition) is 3. The van der Waals surface area contributed by atoms with Gasteiger partial charge in [-0.05, 0) is 18.2 Å². The van der Waals surface area contributed by atoms with E-state index in [1.165, 1.54) is 0 Å². The lowest BCUT2D eigenvalue weighted by Gasteiger charge is -2.38. The summed E-state index contributed by atoms with van der Waals surface area (Å²) in [5, 5.41) is 18.9. The second-order valence-electron chi connectivity index (χ2n) is 3.49. The number of aliphatic hydroxyl groups is 2. The molecule has 4 heteroatoms. The second-order valence-corrected chi connectivity index (χ2v) is 3.93. The highest BCUT2D eigenvalue weighted by molar-refractivity contribution is 6.30. The zero-order chi connectivity index (χ0) is 10.1. The molecule has 1 heterocycles. The topological polar surface area (TPSA) is 43.7 Å². The molecule has 0 bridgehead atoms.